The highest BCUT2D eigenvalue weighted by Gasteiger charge is 2.23. The topological polar surface area (TPSA) is 29.5 Å². The lowest BCUT2D eigenvalue weighted by atomic mass is 9.28. The van der Waals surface area contributed by atoms with Gasteiger partial charge in [-0.3, -0.25) is 0 Å². The van der Waals surface area contributed by atoms with Crippen LogP contribution in [0.15, 0.2) is 0 Å². The van der Waals surface area contributed by atoms with Crippen molar-refractivity contribution in [2.24, 2.45) is 0 Å². The van der Waals surface area contributed by atoms with E-state index in [9.17, 15) is 5.11 Å². The van der Waals surface area contributed by atoms with Gasteiger partial charge in [0.1, 0.15) is 7.17 Å². The summed E-state index contributed by atoms with van der Waals surface area (Å²) < 4.78 is 5.94. The second kappa shape index (κ2) is 9.07. The first-order valence-corrected chi connectivity index (χ1v) is 8.06. The van der Waals surface area contributed by atoms with Crippen LogP contribution in [0.3, 0.4) is 0 Å². The Morgan fingerprint density at radius 3 is 2.26 bits per heavy atom. The highest BCUT2D eigenvalue weighted by molar-refractivity contribution is 7.02. The van der Waals surface area contributed by atoms with E-state index in [0.29, 0.717) is 13.0 Å². The molecule has 2 nitrogen and oxygen atoms in total. The molecule has 112 valence electrons. The van der Waals surface area contributed by atoms with Crippen molar-refractivity contribution < 1.29 is 9.84 Å². The molecule has 0 aliphatic rings. The molecule has 1 atom stereocenters. The summed E-state index contributed by atoms with van der Waals surface area (Å²) in [5, 5.41) is 9.69. The van der Waals surface area contributed by atoms with Crippen LogP contribution in [0.1, 0.15) is 73.6 Å². The molecular weight excluding hydrogens is 234 g/mol. The van der Waals surface area contributed by atoms with Crippen molar-refractivity contribution in [1.29, 1.82) is 0 Å². The van der Waals surface area contributed by atoms with Gasteiger partial charge in [0.05, 0.1) is 12.8 Å². The molecule has 4 heteroatoms. The van der Waals surface area contributed by atoms with Gasteiger partial charge in [0.25, 0.3) is 0 Å². The molecule has 0 heterocycles. The number of hydrogen-bond acceptors (Lipinski definition) is 2. The summed E-state index contributed by atoms with van der Waals surface area (Å²) in [7, 11) is 2.37. The molecule has 0 aromatic rings. The monoisotopic (exact) mass is 268 g/mol. The molecule has 0 fully saturated rings. The molecule has 0 radical (unpaired) electrons. The number of aliphatic hydroxyl groups is 1. The highest BCUT2D eigenvalue weighted by atomic mass is 16.5. The summed E-state index contributed by atoms with van der Waals surface area (Å²) in [6, 6.07) is 0. The van der Waals surface area contributed by atoms with Crippen molar-refractivity contribution in [2.75, 3.05) is 6.61 Å². The van der Waals surface area contributed by atoms with E-state index in [0.717, 1.165) is 13.0 Å². The van der Waals surface area contributed by atoms with E-state index in [1.165, 1.54) is 32.9 Å². The normalized spacial score (nSPS) is 14.3. The minimum atomic E-state index is -0.622. The van der Waals surface area contributed by atoms with Crippen LogP contribution in [0.5, 0.6) is 0 Å². The lowest BCUT2D eigenvalue weighted by Crippen LogP contribution is -2.38. The van der Waals surface area contributed by atoms with Crippen molar-refractivity contribution in [2.45, 2.75) is 90.6 Å². The molecule has 0 saturated carbocycles. The zero-order chi connectivity index (χ0) is 14.9. The van der Waals surface area contributed by atoms with Gasteiger partial charge in [0, 0.05) is 12.1 Å². The number of ether oxygens (including phenoxy) is 1. The zero-order valence-electron chi connectivity index (χ0n) is 14.1. The Balaban J connectivity index is 3.93. The SMILES string of the molecule is CCCCC(BBC(C)(C)OCCC(C)(C)O)CC. The lowest BCUT2D eigenvalue weighted by Gasteiger charge is -2.28. The van der Waals surface area contributed by atoms with Gasteiger partial charge in [-0.15, -0.1) is 0 Å². The first kappa shape index (κ1) is 19.0. The van der Waals surface area contributed by atoms with Gasteiger partial charge < -0.3 is 9.84 Å². The van der Waals surface area contributed by atoms with Crippen molar-refractivity contribution in [3.63, 3.8) is 0 Å². The fraction of sp³-hybridized carbons (Fsp3) is 1.00. The molecule has 1 unspecified atom stereocenters. The Bertz CT molecular complexity index is 225. The van der Waals surface area contributed by atoms with Gasteiger partial charge in [-0.05, 0) is 34.1 Å². The number of unbranched alkanes of at least 4 members (excludes halogenated alkanes) is 1. The van der Waals surface area contributed by atoms with Crippen molar-refractivity contribution >= 4 is 14.3 Å². The van der Waals surface area contributed by atoms with Gasteiger partial charge in [-0.1, -0.05) is 45.3 Å². The minimum Gasteiger partial charge on any atom is -0.390 e. The molecular formula is C15H34B2O2. The minimum absolute atomic E-state index is 0.0646. The first-order chi connectivity index (χ1) is 8.70. The maximum Gasteiger partial charge on any atom is 0.127 e. The lowest BCUT2D eigenvalue weighted by molar-refractivity contribution is -0.00669. The van der Waals surface area contributed by atoms with Crippen LogP contribution in [0.2, 0.25) is 5.82 Å². The van der Waals surface area contributed by atoms with E-state index in [2.05, 4.69) is 27.7 Å². The third kappa shape index (κ3) is 11.6. The average Bonchev–Trinajstić information content (AvgIpc) is 2.27. The molecule has 0 aromatic heterocycles. The van der Waals surface area contributed by atoms with E-state index >= 15 is 0 Å². The molecule has 19 heavy (non-hydrogen) atoms. The van der Waals surface area contributed by atoms with Crippen molar-refractivity contribution in [1.82, 2.24) is 0 Å². The molecule has 0 bridgehead atoms. The standard InChI is InChI=1S/C15H34B2O2/c1-7-9-10-13(8-2)16-17-15(5,6)19-12-11-14(3,4)18/h13,16-18H,7-12H2,1-6H3. The molecule has 0 amide bonds. The predicted octanol–water partition coefficient (Wildman–Crippen LogP) is 3.08. The fourth-order valence-electron chi connectivity index (χ4n) is 2.25. The summed E-state index contributed by atoms with van der Waals surface area (Å²) in [6.45, 7) is 13.2. The van der Waals surface area contributed by atoms with Gasteiger partial charge >= 0.3 is 0 Å². The number of rotatable bonds is 11. The van der Waals surface area contributed by atoms with Crippen LogP contribution < -0.4 is 0 Å². The van der Waals surface area contributed by atoms with Crippen LogP contribution in [0.4, 0.5) is 0 Å². The quantitative estimate of drug-likeness (QED) is 0.583. The predicted molar refractivity (Wildman–Crippen MR) is 88.8 cm³/mol. The molecule has 0 aromatic carbocycles. The summed E-state index contributed by atoms with van der Waals surface area (Å²) in [5.74, 6) is 0.845. The second-order valence-electron chi connectivity index (χ2n) is 7.13. The first-order valence-electron chi connectivity index (χ1n) is 8.06. The van der Waals surface area contributed by atoms with Gasteiger partial charge in [0.15, 0.2) is 0 Å². The van der Waals surface area contributed by atoms with E-state index in [-0.39, 0.29) is 5.50 Å². The van der Waals surface area contributed by atoms with Crippen molar-refractivity contribution in [3.8, 4) is 0 Å². The Morgan fingerprint density at radius 1 is 1.16 bits per heavy atom. The van der Waals surface area contributed by atoms with Gasteiger partial charge in [-0.25, -0.2) is 0 Å². The molecule has 0 spiro atoms. The van der Waals surface area contributed by atoms with Crippen LogP contribution in [-0.4, -0.2) is 37.2 Å². The van der Waals surface area contributed by atoms with E-state index in [1.54, 1.807) is 0 Å². The summed E-state index contributed by atoms with van der Waals surface area (Å²) in [6.07, 6.45) is 5.97. The Kier molecular flexibility index (Phi) is 9.10. The molecule has 0 aliphatic carbocycles. The Labute approximate surface area is 122 Å². The largest absolute Gasteiger partial charge is 0.390 e. The van der Waals surface area contributed by atoms with Crippen LogP contribution in [0, 0.1) is 0 Å². The van der Waals surface area contributed by atoms with Crippen LogP contribution in [0.25, 0.3) is 0 Å². The van der Waals surface area contributed by atoms with E-state index in [4.69, 9.17) is 4.74 Å². The Morgan fingerprint density at radius 2 is 1.79 bits per heavy atom. The maximum absolute atomic E-state index is 9.69. The van der Waals surface area contributed by atoms with Gasteiger partial charge in [-0.2, -0.15) is 0 Å². The molecule has 0 rings (SSSR count). The van der Waals surface area contributed by atoms with Gasteiger partial charge in [0.2, 0.25) is 0 Å². The van der Waals surface area contributed by atoms with Crippen LogP contribution in [-0.2, 0) is 4.74 Å². The summed E-state index contributed by atoms with van der Waals surface area (Å²) in [5.41, 5.74) is -0.686. The second-order valence-corrected chi connectivity index (χ2v) is 7.13. The molecule has 0 saturated heterocycles. The van der Waals surface area contributed by atoms with Crippen molar-refractivity contribution in [3.05, 3.63) is 0 Å². The maximum atomic E-state index is 9.69. The van der Waals surface area contributed by atoms with E-state index < -0.39 is 5.60 Å². The fourth-order valence-corrected chi connectivity index (χ4v) is 2.25. The third-order valence-corrected chi connectivity index (χ3v) is 3.90. The van der Waals surface area contributed by atoms with Crippen LogP contribution >= 0.6 is 0 Å². The highest BCUT2D eigenvalue weighted by Crippen LogP contribution is 2.19. The molecule has 0 aliphatic heterocycles. The Hall–Kier alpha value is 0.0499. The zero-order valence-corrected chi connectivity index (χ0v) is 14.1. The average molecular weight is 268 g/mol. The summed E-state index contributed by atoms with van der Waals surface area (Å²) in [4.78, 5) is 0. The number of hydrogen-bond donors (Lipinski definition) is 1. The smallest absolute Gasteiger partial charge is 0.127 e. The third-order valence-electron chi connectivity index (χ3n) is 3.90. The summed E-state index contributed by atoms with van der Waals surface area (Å²) >= 11 is 0. The molecule has 1 N–H and O–H groups in total. The van der Waals surface area contributed by atoms with E-state index in [1.807, 2.05) is 13.8 Å².